The van der Waals surface area contributed by atoms with Crippen LogP contribution in [0.4, 0.5) is 10.1 Å². The average molecular weight is 496 g/mol. The first-order valence-electron chi connectivity index (χ1n) is 12.6. The molecule has 8 nitrogen and oxygen atoms in total. The molecule has 1 aromatic heterocycles. The van der Waals surface area contributed by atoms with Crippen molar-refractivity contribution in [3.63, 3.8) is 0 Å². The van der Waals surface area contributed by atoms with Crippen LogP contribution in [0.15, 0.2) is 30.5 Å². The van der Waals surface area contributed by atoms with Gasteiger partial charge in [0.25, 0.3) is 11.8 Å². The second-order valence-corrected chi connectivity index (χ2v) is 9.80. The van der Waals surface area contributed by atoms with E-state index in [9.17, 15) is 18.8 Å². The minimum Gasteiger partial charge on any atom is -0.354 e. The Bertz CT molecular complexity index is 1130. The number of carbonyl (C=O) groups excluding carboxylic acids is 3. The van der Waals surface area contributed by atoms with Gasteiger partial charge in [-0.3, -0.25) is 24.3 Å². The lowest BCUT2D eigenvalue weighted by Gasteiger charge is -2.41. The number of rotatable bonds is 6. The van der Waals surface area contributed by atoms with Crippen LogP contribution in [-0.4, -0.2) is 65.2 Å². The van der Waals surface area contributed by atoms with Crippen molar-refractivity contribution in [3.05, 3.63) is 58.7 Å². The van der Waals surface area contributed by atoms with Crippen molar-refractivity contribution in [1.29, 1.82) is 0 Å². The molecule has 192 valence electrons. The number of carbonyl (C=O) groups is 3. The molecule has 0 radical (unpaired) electrons. The summed E-state index contributed by atoms with van der Waals surface area (Å²) in [5, 5.41) is 5.26. The van der Waals surface area contributed by atoms with E-state index in [4.69, 9.17) is 0 Å². The Hall–Kier alpha value is -3.33. The largest absolute Gasteiger partial charge is 0.354 e. The first-order chi connectivity index (χ1) is 17.3. The van der Waals surface area contributed by atoms with Crippen LogP contribution >= 0.6 is 0 Å². The number of hydrogen-bond donors (Lipinski definition) is 2. The van der Waals surface area contributed by atoms with Crippen molar-refractivity contribution in [2.45, 2.75) is 52.1 Å². The lowest BCUT2D eigenvalue weighted by atomic mass is 10.0. The predicted molar refractivity (Wildman–Crippen MR) is 135 cm³/mol. The summed E-state index contributed by atoms with van der Waals surface area (Å²) >= 11 is 0. The zero-order valence-corrected chi connectivity index (χ0v) is 21.1. The molecule has 2 aliphatic rings. The number of amides is 3. The fourth-order valence-corrected chi connectivity index (χ4v) is 5.17. The van der Waals surface area contributed by atoms with Gasteiger partial charge in [0.1, 0.15) is 11.5 Å². The van der Waals surface area contributed by atoms with E-state index in [0.717, 1.165) is 49.9 Å². The van der Waals surface area contributed by atoms with E-state index in [2.05, 4.69) is 27.4 Å². The van der Waals surface area contributed by atoms with Gasteiger partial charge in [-0.1, -0.05) is 12.8 Å². The van der Waals surface area contributed by atoms with Gasteiger partial charge in [0.05, 0.1) is 5.56 Å². The van der Waals surface area contributed by atoms with Gasteiger partial charge in [0.2, 0.25) is 5.91 Å². The van der Waals surface area contributed by atoms with E-state index < -0.39 is 11.7 Å². The van der Waals surface area contributed by atoms with E-state index in [1.165, 1.54) is 37.5 Å². The van der Waals surface area contributed by atoms with E-state index in [1.54, 1.807) is 0 Å². The number of pyridine rings is 1. The van der Waals surface area contributed by atoms with Gasteiger partial charge in [-0.15, -0.1) is 0 Å². The normalized spacial score (nSPS) is 18.8. The van der Waals surface area contributed by atoms with Gasteiger partial charge >= 0.3 is 0 Å². The smallest absolute Gasteiger partial charge is 0.269 e. The van der Waals surface area contributed by atoms with Gasteiger partial charge in [-0.2, -0.15) is 0 Å². The molecule has 9 heteroatoms. The SMILES string of the molecule is CNC(=O)c1ccc(C(=O)Nc2cc(F)cc(CN3CCN(C(=O)C4CCCC4)[C@@H](C)C3)c2C)cn1. The van der Waals surface area contributed by atoms with Gasteiger partial charge in [-0.25, -0.2) is 4.39 Å². The molecule has 4 rings (SSSR count). The summed E-state index contributed by atoms with van der Waals surface area (Å²) in [6, 6.07) is 5.90. The topological polar surface area (TPSA) is 94.6 Å². The van der Waals surface area contributed by atoms with E-state index >= 15 is 0 Å². The first-order valence-corrected chi connectivity index (χ1v) is 12.6. The number of piperazine rings is 1. The molecular formula is C27H34FN5O3. The number of hydrogen-bond acceptors (Lipinski definition) is 5. The second-order valence-electron chi connectivity index (χ2n) is 9.80. The van der Waals surface area contributed by atoms with Crippen LogP contribution in [0.25, 0.3) is 0 Å². The van der Waals surface area contributed by atoms with Crippen LogP contribution < -0.4 is 10.6 Å². The number of benzene rings is 1. The number of nitrogens with one attached hydrogen (secondary N) is 2. The summed E-state index contributed by atoms with van der Waals surface area (Å²) < 4.78 is 14.5. The molecule has 1 saturated heterocycles. The summed E-state index contributed by atoms with van der Waals surface area (Å²) in [6.07, 6.45) is 5.60. The highest BCUT2D eigenvalue weighted by molar-refractivity contribution is 6.05. The molecule has 0 bridgehead atoms. The third-order valence-electron chi connectivity index (χ3n) is 7.31. The fraction of sp³-hybridized carbons (Fsp3) is 0.481. The minimum atomic E-state index is -0.432. The maximum atomic E-state index is 14.5. The summed E-state index contributed by atoms with van der Waals surface area (Å²) in [4.78, 5) is 45.6. The lowest BCUT2D eigenvalue weighted by Crippen LogP contribution is -2.54. The zero-order valence-electron chi connectivity index (χ0n) is 21.1. The van der Waals surface area contributed by atoms with Crippen molar-refractivity contribution >= 4 is 23.4 Å². The van der Waals surface area contributed by atoms with Gasteiger partial charge in [0, 0.05) is 57.1 Å². The molecule has 2 N–H and O–H groups in total. The van der Waals surface area contributed by atoms with Crippen molar-refractivity contribution in [2.24, 2.45) is 5.92 Å². The van der Waals surface area contributed by atoms with Crippen LogP contribution in [0, 0.1) is 18.7 Å². The van der Waals surface area contributed by atoms with Crippen LogP contribution in [0.2, 0.25) is 0 Å². The number of halogens is 1. The van der Waals surface area contributed by atoms with Gasteiger partial charge in [0.15, 0.2) is 0 Å². The van der Waals surface area contributed by atoms with Crippen molar-refractivity contribution < 1.29 is 18.8 Å². The quantitative estimate of drug-likeness (QED) is 0.641. The van der Waals surface area contributed by atoms with Crippen LogP contribution in [0.5, 0.6) is 0 Å². The molecule has 0 unspecified atom stereocenters. The molecule has 1 atom stereocenters. The maximum Gasteiger partial charge on any atom is 0.269 e. The third kappa shape index (κ3) is 5.73. The van der Waals surface area contributed by atoms with Crippen molar-refractivity contribution in [3.8, 4) is 0 Å². The van der Waals surface area contributed by atoms with Crippen LogP contribution in [-0.2, 0) is 11.3 Å². The predicted octanol–water partition coefficient (Wildman–Crippen LogP) is 3.36. The zero-order chi connectivity index (χ0) is 25.8. The highest BCUT2D eigenvalue weighted by atomic mass is 19.1. The first kappa shape index (κ1) is 25.8. The highest BCUT2D eigenvalue weighted by Crippen LogP contribution is 2.29. The molecule has 1 aliphatic carbocycles. The van der Waals surface area contributed by atoms with Crippen molar-refractivity contribution in [1.82, 2.24) is 20.1 Å². The number of nitrogens with zero attached hydrogens (tertiary/aromatic N) is 3. The lowest BCUT2D eigenvalue weighted by molar-refractivity contribution is -0.140. The molecule has 0 spiro atoms. The summed E-state index contributed by atoms with van der Waals surface area (Å²) in [5.41, 5.74) is 2.45. The van der Waals surface area contributed by atoms with Gasteiger partial charge in [-0.05, 0) is 62.1 Å². The molecule has 1 aliphatic heterocycles. The third-order valence-corrected chi connectivity index (χ3v) is 7.31. The summed E-state index contributed by atoms with van der Waals surface area (Å²) in [6.45, 7) is 6.59. The molecule has 3 amide bonds. The van der Waals surface area contributed by atoms with Crippen LogP contribution in [0.3, 0.4) is 0 Å². The molecule has 2 aromatic rings. The number of anilines is 1. The van der Waals surface area contributed by atoms with E-state index in [0.29, 0.717) is 18.8 Å². The fourth-order valence-electron chi connectivity index (χ4n) is 5.17. The van der Waals surface area contributed by atoms with Crippen LogP contribution in [0.1, 0.15) is 64.6 Å². The Labute approximate surface area is 211 Å². The minimum absolute atomic E-state index is 0.102. The Balaban J connectivity index is 1.41. The Kier molecular flexibility index (Phi) is 7.98. The van der Waals surface area contributed by atoms with E-state index in [-0.39, 0.29) is 35.0 Å². The monoisotopic (exact) mass is 495 g/mol. The average Bonchev–Trinajstić information content (AvgIpc) is 3.41. The molecule has 1 aromatic carbocycles. The second kappa shape index (κ2) is 11.2. The Morgan fingerprint density at radius 3 is 2.50 bits per heavy atom. The molecule has 2 heterocycles. The standard InChI is InChI=1S/C27H34FN5O3/c1-17-15-32(10-11-33(17)27(36)19-6-4-5-7-19)16-21-12-22(28)13-24(18(21)2)31-25(34)20-8-9-23(30-14-20)26(35)29-3/h8-9,12-14,17,19H,4-7,10-11,15-16H2,1-3H3,(H,29,35)(H,31,34)/t17-/m0/s1. The highest BCUT2D eigenvalue weighted by Gasteiger charge is 2.33. The maximum absolute atomic E-state index is 14.5. The number of aromatic nitrogens is 1. The molecular weight excluding hydrogens is 461 g/mol. The summed E-state index contributed by atoms with van der Waals surface area (Å²) in [7, 11) is 1.51. The Morgan fingerprint density at radius 2 is 1.86 bits per heavy atom. The van der Waals surface area contributed by atoms with Crippen molar-refractivity contribution in [2.75, 3.05) is 32.0 Å². The van der Waals surface area contributed by atoms with E-state index in [1.807, 2.05) is 11.8 Å². The van der Waals surface area contributed by atoms with Gasteiger partial charge < -0.3 is 15.5 Å². The Morgan fingerprint density at radius 1 is 1.11 bits per heavy atom. The molecule has 1 saturated carbocycles. The molecule has 2 fully saturated rings. The summed E-state index contributed by atoms with van der Waals surface area (Å²) in [5.74, 6) is -0.749. The molecule has 36 heavy (non-hydrogen) atoms.